The number of carbonyl (C=O) groups excluding carboxylic acids is 2. The van der Waals surface area contributed by atoms with Gasteiger partial charge >= 0.3 is 0 Å². The minimum Gasteiger partial charge on any atom is -0.507 e. The van der Waals surface area contributed by atoms with Crippen molar-refractivity contribution in [2.24, 2.45) is 0 Å². The second-order valence-electron chi connectivity index (χ2n) is 6.97. The van der Waals surface area contributed by atoms with Crippen molar-refractivity contribution >= 4 is 40.7 Å². The molecule has 2 fully saturated rings. The van der Waals surface area contributed by atoms with Crippen LogP contribution in [0.15, 0.2) is 48.0 Å². The molecule has 2 aromatic carbocycles. The van der Waals surface area contributed by atoms with Crippen LogP contribution in [0, 0.1) is 6.92 Å². The van der Waals surface area contributed by atoms with Crippen molar-refractivity contribution in [3.05, 3.63) is 74.8 Å². The van der Waals surface area contributed by atoms with E-state index in [1.807, 2.05) is 19.1 Å². The Morgan fingerprint density at radius 2 is 1.74 bits per heavy atom. The van der Waals surface area contributed by atoms with Gasteiger partial charge in [0.25, 0.3) is 11.7 Å². The van der Waals surface area contributed by atoms with Crippen LogP contribution < -0.4 is 0 Å². The lowest BCUT2D eigenvalue weighted by Crippen LogP contribution is -2.31. The zero-order chi connectivity index (χ0) is 19.3. The van der Waals surface area contributed by atoms with Crippen LogP contribution in [0.5, 0.6) is 0 Å². The quantitative estimate of drug-likeness (QED) is 0.452. The van der Waals surface area contributed by atoms with Crippen molar-refractivity contribution in [2.45, 2.75) is 31.8 Å². The number of hydrogen-bond donors (Lipinski definition) is 1. The monoisotopic (exact) mass is 401 g/mol. The molecule has 6 heteroatoms. The highest BCUT2D eigenvalue weighted by molar-refractivity contribution is 6.47. The van der Waals surface area contributed by atoms with E-state index in [9.17, 15) is 14.7 Å². The normalized spacial score (nSPS) is 21.7. The summed E-state index contributed by atoms with van der Waals surface area (Å²) in [5.41, 5.74) is 2.17. The van der Waals surface area contributed by atoms with Crippen molar-refractivity contribution in [1.82, 2.24) is 4.90 Å². The number of rotatable bonds is 3. The van der Waals surface area contributed by atoms with E-state index in [-0.39, 0.29) is 17.4 Å². The lowest BCUT2D eigenvalue weighted by molar-refractivity contribution is -0.140. The van der Waals surface area contributed by atoms with E-state index in [0.717, 1.165) is 18.4 Å². The highest BCUT2D eigenvalue weighted by Crippen LogP contribution is 2.47. The number of aliphatic hydroxyl groups excluding tert-OH is 1. The molecule has 1 atom stereocenters. The molecule has 138 valence electrons. The SMILES string of the molecule is Cc1ccc(C(O)=C2C(=O)C(=O)N(C3CC3)[C@@H]2c2ccc(Cl)cc2Cl)cc1. The summed E-state index contributed by atoms with van der Waals surface area (Å²) in [6.45, 7) is 1.93. The first-order valence-electron chi connectivity index (χ1n) is 8.70. The summed E-state index contributed by atoms with van der Waals surface area (Å²) in [5.74, 6) is -1.47. The number of aryl methyl sites for hydroxylation is 1. The van der Waals surface area contributed by atoms with E-state index in [2.05, 4.69) is 0 Å². The molecule has 2 aliphatic rings. The van der Waals surface area contributed by atoms with E-state index < -0.39 is 17.7 Å². The number of amides is 1. The van der Waals surface area contributed by atoms with E-state index in [1.165, 1.54) is 0 Å². The lowest BCUT2D eigenvalue weighted by Gasteiger charge is -2.26. The summed E-state index contributed by atoms with van der Waals surface area (Å²) in [6, 6.07) is 11.4. The minimum absolute atomic E-state index is 0.0125. The van der Waals surface area contributed by atoms with Gasteiger partial charge in [0.15, 0.2) is 0 Å². The van der Waals surface area contributed by atoms with Crippen LogP contribution >= 0.6 is 23.2 Å². The third-order valence-electron chi connectivity index (χ3n) is 5.00. The zero-order valence-electron chi connectivity index (χ0n) is 14.6. The fourth-order valence-corrected chi connectivity index (χ4v) is 3.99. The number of benzene rings is 2. The number of hydrogen-bond acceptors (Lipinski definition) is 3. The maximum Gasteiger partial charge on any atom is 0.295 e. The molecule has 4 rings (SSSR count). The van der Waals surface area contributed by atoms with Crippen molar-refractivity contribution in [2.75, 3.05) is 0 Å². The average Bonchev–Trinajstić information content (AvgIpc) is 3.43. The molecule has 1 aliphatic heterocycles. The Labute approximate surface area is 167 Å². The maximum absolute atomic E-state index is 12.8. The molecule has 1 saturated carbocycles. The Bertz CT molecular complexity index is 977. The summed E-state index contributed by atoms with van der Waals surface area (Å²) in [5, 5.41) is 11.7. The number of Topliss-reactive ketones (excluding diaryl/α,β-unsaturated/α-hetero) is 1. The molecule has 1 aliphatic carbocycles. The number of nitrogens with zero attached hydrogens (tertiary/aromatic N) is 1. The molecule has 0 unspecified atom stereocenters. The molecule has 0 aromatic heterocycles. The van der Waals surface area contributed by atoms with Crippen molar-refractivity contribution in [3.63, 3.8) is 0 Å². The highest BCUT2D eigenvalue weighted by Gasteiger charge is 2.51. The van der Waals surface area contributed by atoms with E-state index in [0.29, 0.717) is 21.2 Å². The van der Waals surface area contributed by atoms with Crippen molar-refractivity contribution in [3.8, 4) is 0 Å². The van der Waals surface area contributed by atoms with Crippen molar-refractivity contribution < 1.29 is 14.7 Å². The number of carbonyl (C=O) groups is 2. The van der Waals surface area contributed by atoms with Gasteiger partial charge in [0.1, 0.15) is 5.76 Å². The van der Waals surface area contributed by atoms with Gasteiger partial charge in [-0.2, -0.15) is 0 Å². The molecule has 0 radical (unpaired) electrons. The number of aliphatic hydroxyl groups is 1. The first kappa shape index (κ1) is 18.1. The van der Waals surface area contributed by atoms with Gasteiger partial charge in [-0.3, -0.25) is 9.59 Å². The van der Waals surface area contributed by atoms with Crippen molar-refractivity contribution in [1.29, 1.82) is 0 Å². The molecular formula is C21H17Cl2NO3. The largest absolute Gasteiger partial charge is 0.507 e. The van der Waals surface area contributed by atoms with Gasteiger partial charge in [-0.1, -0.05) is 59.1 Å². The van der Waals surface area contributed by atoms with Crippen LogP contribution in [0.2, 0.25) is 10.0 Å². The van der Waals surface area contributed by atoms with Gasteiger partial charge in [-0.05, 0) is 37.5 Å². The topological polar surface area (TPSA) is 57.6 Å². The molecule has 2 aromatic rings. The van der Waals surface area contributed by atoms with Crippen LogP contribution in [0.1, 0.15) is 35.6 Å². The van der Waals surface area contributed by atoms with Crippen LogP contribution in [0.4, 0.5) is 0 Å². The van der Waals surface area contributed by atoms with Gasteiger partial charge < -0.3 is 10.0 Å². The Morgan fingerprint density at radius 3 is 2.33 bits per heavy atom. The van der Waals surface area contributed by atoms with Gasteiger partial charge in [-0.15, -0.1) is 0 Å². The predicted molar refractivity (Wildman–Crippen MR) is 105 cm³/mol. The summed E-state index contributed by atoms with van der Waals surface area (Å²) >= 11 is 12.4. The second-order valence-corrected chi connectivity index (χ2v) is 7.81. The predicted octanol–water partition coefficient (Wildman–Crippen LogP) is 4.89. The van der Waals surface area contributed by atoms with Gasteiger partial charge in [0.05, 0.1) is 11.6 Å². The first-order chi connectivity index (χ1) is 12.9. The van der Waals surface area contributed by atoms with Crippen LogP contribution in [0.3, 0.4) is 0 Å². The number of ketones is 1. The Kier molecular flexibility index (Phi) is 4.49. The fraction of sp³-hybridized carbons (Fsp3) is 0.238. The molecule has 0 bridgehead atoms. The van der Waals surface area contributed by atoms with E-state index >= 15 is 0 Å². The third kappa shape index (κ3) is 3.13. The second kappa shape index (κ2) is 6.70. The third-order valence-corrected chi connectivity index (χ3v) is 5.56. The standard InChI is InChI=1S/C21H17Cl2NO3/c1-11-2-4-12(5-3-11)19(25)17-18(15-9-6-13(22)10-16(15)23)24(14-7-8-14)21(27)20(17)26/h2-6,9-10,14,18,25H,7-8H2,1H3/t18-/m1/s1. The smallest absolute Gasteiger partial charge is 0.295 e. The molecule has 4 nitrogen and oxygen atoms in total. The molecular weight excluding hydrogens is 385 g/mol. The zero-order valence-corrected chi connectivity index (χ0v) is 16.1. The Morgan fingerprint density at radius 1 is 1.07 bits per heavy atom. The van der Waals surface area contributed by atoms with Crippen LogP contribution in [0.25, 0.3) is 5.76 Å². The Hall–Kier alpha value is -2.30. The summed E-state index contributed by atoms with van der Waals surface area (Å²) in [6.07, 6.45) is 1.67. The van der Waals surface area contributed by atoms with E-state index in [1.54, 1.807) is 35.2 Å². The van der Waals surface area contributed by atoms with Gasteiger partial charge in [-0.25, -0.2) is 0 Å². The average molecular weight is 402 g/mol. The van der Waals surface area contributed by atoms with E-state index in [4.69, 9.17) is 23.2 Å². The van der Waals surface area contributed by atoms with Gasteiger partial charge in [0.2, 0.25) is 0 Å². The maximum atomic E-state index is 12.8. The number of halogens is 2. The Balaban J connectivity index is 1.91. The molecule has 1 saturated heterocycles. The summed E-state index contributed by atoms with van der Waals surface area (Å²) < 4.78 is 0. The fourth-order valence-electron chi connectivity index (χ4n) is 3.47. The highest BCUT2D eigenvalue weighted by atomic mass is 35.5. The van der Waals surface area contributed by atoms with Gasteiger partial charge in [0, 0.05) is 21.7 Å². The molecule has 27 heavy (non-hydrogen) atoms. The lowest BCUT2D eigenvalue weighted by atomic mass is 9.95. The molecule has 0 spiro atoms. The van der Waals surface area contributed by atoms with Crippen LogP contribution in [-0.2, 0) is 9.59 Å². The minimum atomic E-state index is -0.719. The summed E-state index contributed by atoms with van der Waals surface area (Å²) in [7, 11) is 0. The first-order valence-corrected chi connectivity index (χ1v) is 9.46. The summed E-state index contributed by atoms with van der Waals surface area (Å²) in [4.78, 5) is 27.1. The molecule has 1 amide bonds. The van der Waals surface area contributed by atoms with Crippen LogP contribution in [-0.4, -0.2) is 27.7 Å². The molecule has 1 heterocycles. The molecule has 1 N–H and O–H groups in total. The number of likely N-dealkylation sites (tertiary alicyclic amines) is 1.